The van der Waals surface area contributed by atoms with Crippen LogP contribution in [0.2, 0.25) is 0 Å². The van der Waals surface area contributed by atoms with Gasteiger partial charge in [0.1, 0.15) is 5.75 Å². The summed E-state index contributed by atoms with van der Waals surface area (Å²) in [5, 5.41) is 0. The molecular formula is C13H17NO3. The summed E-state index contributed by atoms with van der Waals surface area (Å²) in [6.45, 7) is 2.82. The number of aromatic nitrogens is 1. The molecule has 0 unspecified atom stereocenters. The molecule has 0 amide bonds. The molecule has 0 saturated carbocycles. The van der Waals surface area contributed by atoms with Crippen molar-refractivity contribution in [2.45, 2.75) is 19.8 Å². The SMILES string of the molecule is CCCCOc1ccc(/C=C\C(=O)OC)nc1. The predicted octanol–water partition coefficient (Wildman–Crippen LogP) is 2.45. The van der Waals surface area contributed by atoms with Crippen LogP contribution in [0.3, 0.4) is 0 Å². The Labute approximate surface area is 101 Å². The van der Waals surface area contributed by atoms with Crippen molar-refractivity contribution in [1.29, 1.82) is 0 Å². The third kappa shape index (κ3) is 5.15. The van der Waals surface area contributed by atoms with Crippen LogP contribution in [0, 0.1) is 0 Å². The molecule has 0 atom stereocenters. The zero-order chi connectivity index (χ0) is 12.5. The smallest absolute Gasteiger partial charge is 0.330 e. The lowest BCUT2D eigenvalue weighted by molar-refractivity contribution is -0.134. The van der Waals surface area contributed by atoms with E-state index in [0.29, 0.717) is 12.3 Å². The molecular weight excluding hydrogens is 218 g/mol. The number of hydrogen-bond acceptors (Lipinski definition) is 4. The molecule has 0 aliphatic rings. The molecule has 0 aromatic carbocycles. The van der Waals surface area contributed by atoms with Crippen molar-refractivity contribution in [1.82, 2.24) is 4.98 Å². The van der Waals surface area contributed by atoms with Crippen LogP contribution in [0.5, 0.6) is 5.75 Å². The Morgan fingerprint density at radius 1 is 1.47 bits per heavy atom. The first kappa shape index (κ1) is 13.2. The van der Waals surface area contributed by atoms with Crippen LogP contribution in [0.1, 0.15) is 25.5 Å². The topological polar surface area (TPSA) is 48.4 Å². The van der Waals surface area contributed by atoms with Crippen molar-refractivity contribution in [3.05, 3.63) is 30.1 Å². The minimum absolute atomic E-state index is 0.393. The van der Waals surface area contributed by atoms with Gasteiger partial charge in [0.05, 0.1) is 25.6 Å². The maximum atomic E-state index is 10.9. The summed E-state index contributed by atoms with van der Waals surface area (Å²) >= 11 is 0. The van der Waals surface area contributed by atoms with Crippen LogP contribution < -0.4 is 4.74 Å². The third-order valence-electron chi connectivity index (χ3n) is 2.12. The highest BCUT2D eigenvalue weighted by atomic mass is 16.5. The Morgan fingerprint density at radius 2 is 2.29 bits per heavy atom. The van der Waals surface area contributed by atoms with Gasteiger partial charge in [-0.15, -0.1) is 0 Å². The molecule has 4 heteroatoms. The first-order valence-corrected chi connectivity index (χ1v) is 5.61. The number of unbranched alkanes of at least 4 members (excludes halogenated alkanes) is 1. The molecule has 4 nitrogen and oxygen atoms in total. The number of pyridine rings is 1. The first-order chi connectivity index (χ1) is 8.26. The van der Waals surface area contributed by atoms with Crippen molar-refractivity contribution in [2.24, 2.45) is 0 Å². The molecule has 0 bridgehead atoms. The molecule has 1 rings (SSSR count). The summed E-state index contributed by atoms with van der Waals surface area (Å²) < 4.78 is 9.95. The van der Waals surface area contributed by atoms with Gasteiger partial charge in [0.25, 0.3) is 0 Å². The minimum atomic E-state index is -0.393. The van der Waals surface area contributed by atoms with Crippen LogP contribution in [-0.2, 0) is 9.53 Å². The molecule has 0 radical (unpaired) electrons. The van der Waals surface area contributed by atoms with E-state index in [4.69, 9.17) is 4.74 Å². The van der Waals surface area contributed by atoms with E-state index in [9.17, 15) is 4.79 Å². The fraction of sp³-hybridized carbons (Fsp3) is 0.385. The molecule has 0 aliphatic carbocycles. The van der Waals surface area contributed by atoms with Crippen molar-refractivity contribution in [2.75, 3.05) is 13.7 Å². The summed E-state index contributed by atoms with van der Waals surface area (Å²) in [5.74, 6) is 0.351. The highest BCUT2D eigenvalue weighted by molar-refractivity contribution is 5.86. The Bertz CT molecular complexity index is 371. The molecule has 0 fully saturated rings. The lowest BCUT2D eigenvalue weighted by atomic mass is 10.3. The number of esters is 1. The van der Waals surface area contributed by atoms with Gasteiger partial charge in [-0.1, -0.05) is 13.3 Å². The molecule has 92 valence electrons. The number of rotatable bonds is 6. The van der Waals surface area contributed by atoms with Crippen molar-refractivity contribution < 1.29 is 14.3 Å². The number of nitrogens with zero attached hydrogens (tertiary/aromatic N) is 1. The molecule has 0 N–H and O–H groups in total. The molecule has 1 aromatic heterocycles. The molecule has 0 saturated heterocycles. The van der Waals surface area contributed by atoms with Gasteiger partial charge in [0.15, 0.2) is 0 Å². The van der Waals surface area contributed by atoms with Gasteiger partial charge in [-0.25, -0.2) is 4.79 Å². The van der Waals surface area contributed by atoms with E-state index in [1.165, 1.54) is 13.2 Å². The summed E-state index contributed by atoms with van der Waals surface area (Å²) in [4.78, 5) is 15.0. The normalized spacial score (nSPS) is 10.5. The van der Waals surface area contributed by atoms with Gasteiger partial charge >= 0.3 is 5.97 Å². The second-order valence-electron chi connectivity index (χ2n) is 3.48. The Hall–Kier alpha value is -1.84. The number of carbonyl (C=O) groups excluding carboxylic acids is 1. The summed E-state index contributed by atoms with van der Waals surface area (Å²) in [5.41, 5.74) is 0.693. The van der Waals surface area contributed by atoms with Gasteiger partial charge < -0.3 is 9.47 Å². The van der Waals surface area contributed by atoms with Crippen LogP contribution in [0.15, 0.2) is 24.4 Å². The highest BCUT2D eigenvalue weighted by Gasteiger charge is 1.96. The molecule has 17 heavy (non-hydrogen) atoms. The lowest BCUT2D eigenvalue weighted by Gasteiger charge is -2.04. The summed E-state index contributed by atoms with van der Waals surface area (Å²) in [7, 11) is 1.34. The van der Waals surface area contributed by atoms with E-state index in [0.717, 1.165) is 18.6 Å². The van der Waals surface area contributed by atoms with Crippen LogP contribution in [0.4, 0.5) is 0 Å². The van der Waals surface area contributed by atoms with E-state index >= 15 is 0 Å². The van der Waals surface area contributed by atoms with Crippen molar-refractivity contribution >= 4 is 12.0 Å². The summed E-state index contributed by atoms with van der Waals surface area (Å²) in [6, 6.07) is 3.63. The fourth-order valence-corrected chi connectivity index (χ4v) is 1.13. The second kappa shape index (κ2) is 7.44. The second-order valence-corrected chi connectivity index (χ2v) is 3.48. The number of carbonyl (C=O) groups is 1. The van der Waals surface area contributed by atoms with Crippen molar-refractivity contribution in [3.63, 3.8) is 0 Å². The molecule has 1 aromatic rings. The van der Waals surface area contributed by atoms with Gasteiger partial charge in [0.2, 0.25) is 0 Å². The molecule has 0 aliphatic heterocycles. The van der Waals surface area contributed by atoms with Gasteiger partial charge in [-0.3, -0.25) is 4.98 Å². The zero-order valence-corrected chi connectivity index (χ0v) is 10.2. The van der Waals surface area contributed by atoms with Crippen molar-refractivity contribution in [3.8, 4) is 5.75 Å². The maximum absolute atomic E-state index is 10.9. The van der Waals surface area contributed by atoms with E-state index in [1.54, 1.807) is 18.3 Å². The Balaban J connectivity index is 2.50. The Morgan fingerprint density at radius 3 is 2.88 bits per heavy atom. The summed E-state index contributed by atoms with van der Waals surface area (Å²) in [6.07, 6.45) is 6.71. The third-order valence-corrected chi connectivity index (χ3v) is 2.12. The quantitative estimate of drug-likeness (QED) is 0.431. The molecule has 0 spiro atoms. The highest BCUT2D eigenvalue weighted by Crippen LogP contribution is 2.10. The van der Waals surface area contributed by atoms with Gasteiger partial charge in [-0.2, -0.15) is 0 Å². The van der Waals surface area contributed by atoms with Crippen LogP contribution >= 0.6 is 0 Å². The van der Waals surface area contributed by atoms with Gasteiger partial charge in [0, 0.05) is 6.08 Å². The van der Waals surface area contributed by atoms with E-state index in [1.807, 2.05) is 6.07 Å². The van der Waals surface area contributed by atoms with Crippen LogP contribution in [0.25, 0.3) is 6.08 Å². The lowest BCUT2D eigenvalue weighted by Crippen LogP contribution is -1.97. The average Bonchev–Trinajstić information content (AvgIpc) is 2.37. The van der Waals surface area contributed by atoms with E-state index < -0.39 is 5.97 Å². The first-order valence-electron chi connectivity index (χ1n) is 5.61. The van der Waals surface area contributed by atoms with Gasteiger partial charge in [-0.05, 0) is 24.6 Å². The monoisotopic (exact) mass is 235 g/mol. The fourth-order valence-electron chi connectivity index (χ4n) is 1.13. The van der Waals surface area contributed by atoms with E-state index in [-0.39, 0.29) is 0 Å². The largest absolute Gasteiger partial charge is 0.492 e. The Kier molecular flexibility index (Phi) is 5.79. The maximum Gasteiger partial charge on any atom is 0.330 e. The van der Waals surface area contributed by atoms with Crippen LogP contribution in [-0.4, -0.2) is 24.7 Å². The number of ether oxygens (including phenoxy) is 2. The predicted molar refractivity (Wildman–Crippen MR) is 65.7 cm³/mol. The number of methoxy groups -OCH3 is 1. The zero-order valence-electron chi connectivity index (χ0n) is 10.2. The molecule has 1 heterocycles. The van der Waals surface area contributed by atoms with E-state index in [2.05, 4.69) is 16.6 Å². The average molecular weight is 235 g/mol. The number of hydrogen-bond donors (Lipinski definition) is 0. The standard InChI is InChI=1S/C13H17NO3/c1-3-4-9-17-12-7-5-11(14-10-12)6-8-13(15)16-2/h5-8,10H,3-4,9H2,1-2H3/b8-6-. The minimum Gasteiger partial charge on any atom is -0.492 e.